The number of hydrogen-bond donors (Lipinski definition) is 0. The number of rotatable bonds is 12. The first-order valence-corrected chi connectivity index (χ1v) is 17.9. The van der Waals surface area contributed by atoms with Crippen molar-refractivity contribution in [3.63, 3.8) is 0 Å². The molecule has 0 radical (unpaired) electrons. The zero-order chi connectivity index (χ0) is 32.3. The number of ether oxygens (including phenoxy) is 2. The van der Waals surface area contributed by atoms with Crippen molar-refractivity contribution in [2.45, 2.75) is 64.2 Å². The van der Waals surface area contributed by atoms with Crippen LogP contribution in [0.25, 0.3) is 0 Å². The summed E-state index contributed by atoms with van der Waals surface area (Å²) in [4.78, 5) is -0.0121. The zero-order valence-corrected chi connectivity index (χ0v) is 28.4. The van der Waals surface area contributed by atoms with E-state index in [0.29, 0.717) is 30.3 Å². The van der Waals surface area contributed by atoms with Gasteiger partial charge in [0, 0.05) is 0 Å². The van der Waals surface area contributed by atoms with E-state index in [-0.39, 0.29) is 16.7 Å². The Bertz CT molecular complexity index is 1500. The maximum atomic E-state index is 11.6. The molecule has 44 heavy (non-hydrogen) atoms. The average molecular weight is 633 g/mol. The largest absolute Gasteiger partial charge is 0.744 e. The zero-order valence-electron chi connectivity index (χ0n) is 26.6. The van der Waals surface area contributed by atoms with Crippen molar-refractivity contribution in [2.75, 3.05) is 13.2 Å². The van der Waals surface area contributed by atoms with Crippen molar-refractivity contribution in [1.82, 2.24) is 0 Å². The molecule has 4 aromatic carbocycles. The summed E-state index contributed by atoms with van der Waals surface area (Å²) in [7, 11) is -5.46. The van der Waals surface area contributed by atoms with Crippen molar-refractivity contribution in [3.05, 3.63) is 127 Å². The molecule has 0 spiro atoms. The standard InChI is InChI=1S/C22H21O2P.C15H24O3S/c1-2-23-17-18-24-19-13-15-22(16-14-19)25(20-9-5-3-6-10-20)21-11-7-4-8-12-21;1-9(2)12-7-13(10(3)4)15(19(16,17)18)14(8-12)11(5)6/h2-16H,1,17-18H2;7-11H,1-6H3,(H,16,17,18). The fraction of sp³-hybridized carbons (Fsp3) is 0.297. The molecular weight excluding hydrogens is 587 g/mol. The second-order valence-electron chi connectivity index (χ2n) is 11.5. The van der Waals surface area contributed by atoms with Gasteiger partial charge in [-0.25, -0.2) is 8.42 Å². The van der Waals surface area contributed by atoms with Gasteiger partial charge in [-0.1, -0.05) is 96.7 Å². The van der Waals surface area contributed by atoms with Gasteiger partial charge in [0.1, 0.15) is 45.0 Å². The molecule has 0 aliphatic heterocycles. The highest BCUT2D eigenvalue weighted by Crippen LogP contribution is 2.35. The van der Waals surface area contributed by atoms with Gasteiger partial charge in [-0.15, -0.1) is 0 Å². The lowest BCUT2D eigenvalue weighted by molar-refractivity contribution is 0.179. The normalized spacial score (nSPS) is 11.4. The molecule has 0 amide bonds. The lowest BCUT2D eigenvalue weighted by Crippen LogP contribution is -2.20. The van der Waals surface area contributed by atoms with Crippen LogP contribution in [0.15, 0.2) is 115 Å². The van der Waals surface area contributed by atoms with E-state index in [9.17, 15) is 13.0 Å². The van der Waals surface area contributed by atoms with Crippen molar-refractivity contribution >= 4 is 34.0 Å². The molecule has 234 valence electrons. The van der Waals surface area contributed by atoms with E-state index in [1.54, 1.807) is 0 Å². The van der Waals surface area contributed by atoms with Crippen LogP contribution in [0.2, 0.25) is 0 Å². The molecule has 0 atom stereocenters. The van der Waals surface area contributed by atoms with Crippen LogP contribution in [-0.2, 0) is 14.9 Å². The number of benzene rings is 4. The molecule has 0 heterocycles. The molecule has 0 fully saturated rings. The lowest BCUT2D eigenvalue weighted by Gasteiger charge is -2.24. The maximum Gasteiger partial charge on any atom is 0.124 e. The summed E-state index contributed by atoms with van der Waals surface area (Å²) >= 11 is 0. The van der Waals surface area contributed by atoms with Gasteiger partial charge < -0.3 is 14.0 Å². The number of hydrogen-bond acceptors (Lipinski definition) is 5. The van der Waals surface area contributed by atoms with E-state index in [0.717, 1.165) is 11.3 Å². The van der Waals surface area contributed by atoms with Crippen molar-refractivity contribution in [3.8, 4) is 5.75 Å². The van der Waals surface area contributed by atoms with E-state index in [4.69, 9.17) is 9.47 Å². The second kappa shape index (κ2) is 16.6. The Kier molecular flexibility index (Phi) is 13.2. The van der Waals surface area contributed by atoms with Gasteiger partial charge in [-0.3, -0.25) is 0 Å². The Morgan fingerprint density at radius 1 is 0.705 bits per heavy atom. The van der Waals surface area contributed by atoms with Crippen molar-refractivity contribution in [2.24, 2.45) is 0 Å². The second-order valence-corrected chi connectivity index (χ2v) is 15.3. The van der Waals surface area contributed by atoms with Crippen LogP contribution in [0, 0.1) is 0 Å². The van der Waals surface area contributed by atoms with Crippen molar-refractivity contribution in [1.29, 1.82) is 0 Å². The highest BCUT2D eigenvalue weighted by atomic mass is 32.2. The summed E-state index contributed by atoms with van der Waals surface area (Å²) < 4.78 is 45.6. The predicted molar refractivity (Wildman–Crippen MR) is 185 cm³/mol. The molecule has 7 heteroatoms. The molecule has 0 unspecified atom stereocenters. The van der Waals surface area contributed by atoms with Gasteiger partial charge in [-0.05, 0) is 83.0 Å². The third kappa shape index (κ3) is 9.79. The quantitative estimate of drug-likeness (QED) is 0.0693. The summed E-state index contributed by atoms with van der Waals surface area (Å²) in [6.07, 6.45) is 1.43. The molecule has 0 aromatic heterocycles. The molecule has 0 bridgehead atoms. The molecule has 4 rings (SSSR count). The summed E-state index contributed by atoms with van der Waals surface area (Å²) in [5, 5.41) is 4.11. The van der Waals surface area contributed by atoms with E-state index in [1.165, 1.54) is 22.2 Å². The molecule has 0 N–H and O–H groups in total. The first-order chi connectivity index (χ1) is 20.9. The highest BCUT2D eigenvalue weighted by molar-refractivity contribution is 7.85. The Balaban J connectivity index is 0.000000251. The molecule has 0 aliphatic rings. The highest BCUT2D eigenvalue weighted by Gasteiger charge is 2.25. The van der Waals surface area contributed by atoms with Crippen molar-refractivity contribution < 1.29 is 22.4 Å². The van der Waals surface area contributed by atoms with E-state index < -0.39 is 18.0 Å². The van der Waals surface area contributed by atoms with Crippen LogP contribution in [0.1, 0.15) is 76.0 Å². The monoisotopic (exact) mass is 632 g/mol. The van der Waals surface area contributed by atoms with Crippen LogP contribution in [0.4, 0.5) is 0 Å². The molecule has 4 aromatic rings. The molecule has 0 saturated heterocycles. The van der Waals surface area contributed by atoms with Gasteiger partial charge in [0.05, 0.1) is 19.1 Å². The maximum absolute atomic E-state index is 11.6. The third-order valence-corrected chi connectivity index (χ3v) is 10.9. The summed E-state index contributed by atoms with van der Waals surface area (Å²) in [6, 6.07) is 33.6. The SMILES string of the molecule is C=COCCOc1ccc([PH+](c2ccccc2)c2ccccc2)cc1.CC(C)c1cc(C(C)C)c(S(=O)(=O)[O-])c(C(C)C)c1. The Morgan fingerprint density at radius 3 is 1.55 bits per heavy atom. The Labute approximate surface area is 265 Å². The van der Waals surface area contributed by atoms with E-state index in [2.05, 4.69) is 93.2 Å². The molecule has 0 aliphatic carbocycles. The summed E-state index contributed by atoms with van der Waals surface area (Å²) in [5.74, 6) is 1.18. The first-order valence-electron chi connectivity index (χ1n) is 15.0. The topological polar surface area (TPSA) is 75.7 Å². The van der Waals surface area contributed by atoms with E-state index in [1.807, 2.05) is 52.0 Å². The van der Waals surface area contributed by atoms with Crippen LogP contribution >= 0.6 is 7.92 Å². The fourth-order valence-electron chi connectivity index (χ4n) is 4.90. The minimum absolute atomic E-state index is 0.00919. The van der Waals surface area contributed by atoms with Gasteiger partial charge >= 0.3 is 0 Å². The third-order valence-electron chi connectivity index (χ3n) is 7.19. The van der Waals surface area contributed by atoms with Gasteiger partial charge in [-0.2, -0.15) is 0 Å². The average Bonchev–Trinajstić information content (AvgIpc) is 3.00. The smallest absolute Gasteiger partial charge is 0.124 e. The fourth-order valence-corrected chi connectivity index (χ4v) is 8.61. The Hall–Kier alpha value is -3.44. The van der Waals surface area contributed by atoms with Gasteiger partial charge in [0.15, 0.2) is 0 Å². The lowest BCUT2D eigenvalue weighted by atomic mass is 9.89. The summed E-state index contributed by atoms with van der Waals surface area (Å²) in [5.41, 5.74) is 2.37. The summed E-state index contributed by atoms with van der Waals surface area (Å²) in [6.45, 7) is 16.3. The predicted octanol–water partition coefficient (Wildman–Crippen LogP) is 7.68. The Morgan fingerprint density at radius 2 is 1.16 bits per heavy atom. The van der Waals surface area contributed by atoms with Crippen LogP contribution in [0.3, 0.4) is 0 Å². The molecule has 0 saturated carbocycles. The van der Waals surface area contributed by atoms with Crippen LogP contribution in [-0.4, -0.2) is 26.2 Å². The van der Waals surface area contributed by atoms with Gasteiger partial charge in [0.25, 0.3) is 0 Å². The minimum atomic E-state index is -4.45. The van der Waals surface area contributed by atoms with Crippen LogP contribution < -0.4 is 20.7 Å². The first kappa shape index (κ1) is 35.0. The van der Waals surface area contributed by atoms with Gasteiger partial charge in [0.2, 0.25) is 0 Å². The molecular formula is C37H45O5PS. The van der Waals surface area contributed by atoms with Crippen LogP contribution in [0.5, 0.6) is 5.75 Å². The minimum Gasteiger partial charge on any atom is -0.744 e. The van der Waals surface area contributed by atoms with E-state index >= 15 is 0 Å². The molecule has 5 nitrogen and oxygen atoms in total.